The summed E-state index contributed by atoms with van der Waals surface area (Å²) in [6.07, 6.45) is 1.60. The van der Waals surface area contributed by atoms with Gasteiger partial charge in [-0.15, -0.1) is 5.10 Å². The molecule has 0 bridgehead atoms. The molecule has 1 amide bonds. The van der Waals surface area contributed by atoms with Crippen LogP contribution >= 0.6 is 0 Å². The molecular weight excluding hydrogens is 236 g/mol. The number of aliphatic hydroxyl groups is 1. The van der Waals surface area contributed by atoms with Crippen LogP contribution in [0.1, 0.15) is 6.42 Å². The summed E-state index contributed by atoms with van der Waals surface area (Å²) in [5.74, 6) is -0.0642. The summed E-state index contributed by atoms with van der Waals surface area (Å²) in [5, 5.41) is 20.3. The highest BCUT2D eigenvalue weighted by Crippen LogP contribution is 2.18. The third kappa shape index (κ3) is 3.02. The van der Waals surface area contributed by atoms with E-state index in [1.807, 2.05) is 19.0 Å². The van der Waals surface area contributed by atoms with Crippen molar-refractivity contribution in [2.24, 2.45) is 0 Å². The lowest BCUT2D eigenvalue weighted by Crippen LogP contribution is -2.43. The highest BCUT2D eigenvalue weighted by molar-refractivity contribution is 5.76. The van der Waals surface area contributed by atoms with Crippen molar-refractivity contribution in [3.8, 4) is 0 Å². The number of likely N-dealkylation sites (tertiary alicyclic amines) is 1. The molecule has 1 N–H and O–H groups in total. The number of carbonyl (C=O) groups is 1. The summed E-state index contributed by atoms with van der Waals surface area (Å²) in [6.45, 7) is 1.25. The second kappa shape index (κ2) is 5.40. The maximum atomic E-state index is 12.1. The summed E-state index contributed by atoms with van der Waals surface area (Å²) < 4.78 is 1.39. The molecule has 1 fully saturated rings. The van der Waals surface area contributed by atoms with Gasteiger partial charge in [-0.2, -0.15) is 0 Å². The number of hydrogen-bond donors (Lipinski definition) is 1. The lowest BCUT2D eigenvalue weighted by atomic mass is 10.2. The van der Waals surface area contributed by atoms with Gasteiger partial charge >= 0.3 is 0 Å². The molecule has 2 rings (SSSR count). The van der Waals surface area contributed by atoms with Crippen LogP contribution in [0, 0.1) is 0 Å². The molecule has 2 atom stereocenters. The zero-order valence-corrected chi connectivity index (χ0v) is 10.6. The molecule has 2 unspecified atom stereocenters. The number of rotatable bonds is 4. The molecule has 1 saturated heterocycles. The topological polar surface area (TPSA) is 87.4 Å². The van der Waals surface area contributed by atoms with Gasteiger partial charge in [0.15, 0.2) is 0 Å². The number of amides is 1. The van der Waals surface area contributed by atoms with E-state index in [0.29, 0.717) is 13.0 Å². The number of β-amino-alcohol motifs (C(OH)–C–C–N with tert-alkyl or cyclic N) is 1. The average molecular weight is 254 g/mol. The molecule has 0 spiro atoms. The first kappa shape index (κ1) is 12.9. The van der Waals surface area contributed by atoms with Crippen LogP contribution < -0.4 is 0 Å². The van der Waals surface area contributed by atoms with E-state index < -0.39 is 6.10 Å². The van der Waals surface area contributed by atoms with Gasteiger partial charge < -0.3 is 14.9 Å². The Balaban J connectivity index is 1.98. The fourth-order valence-electron chi connectivity index (χ4n) is 2.27. The fraction of sp³-hybridized carbons (Fsp3) is 0.800. The standard InChI is InChI=1S/C10H18N6O2/c1-14(2)4-8-3-9(17)5-16(8)10(18)6-15-7-11-12-13-15/h7-9,17H,3-6H2,1-2H3. The normalized spacial score (nSPS) is 23.9. The lowest BCUT2D eigenvalue weighted by molar-refractivity contribution is -0.133. The van der Waals surface area contributed by atoms with Crippen molar-refractivity contribution in [2.75, 3.05) is 27.2 Å². The van der Waals surface area contributed by atoms with Crippen LogP contribution in [0.5, 0.6) is 0 Å². The van der Waals surface area contributed by atoms with Gasteiger partial charge in [-0.1, -0.05) is 0 Å². The van der Waals surface area contributed by atoms with Gasteiger partial charge in [-0.05, 0) is 30.9 Å². The van der Waals surface area contributed by atoms with Crippen molar-refractivity contribution in [3.63, 3.8) is 0 Å². The highest BCUT2D eigenvalue weighted by atomic mass is 16.3. The predicted octanol–water partition coefficient (Wildman–Crippen LogP) is -1.80. The Bertz CT molecular complexity index is 393. The van der Waals surface area contributed by atoms with Crippen molar-refractivity contribution in [3.05, 3.63) is 6.33 Å². The number of aliphatic hydroxyl groups excluding tert-OH is 1. The van der Waals surface area contributed by atoms with Crippen LogP contribution in [0.2, 0.25) is 0 Å². The van der Waals surface area contributed by atoms with Crippen molar-refractivity contribution < 1.29 is 9.90 Å². The Kier molecular flexibility index (Phi) is 3.87. The summed E-state index contributed by atoms with van der Waals surface area (Å²) in [4.78, 5) is 15.9. The van der Waals surface area contributed by atoms with E-state index in [1.54, 1.807) is 4.90 Å². The molecule has 8 heteroatoms. The van der Waals surface area contributed by atoms with E-state index >= 15 is 0 Å². The van der Waals surface area contributed by atoms with Crippen molar-refractivity contribution >= 4 is 5.91 Å². The quantitative estimate of drug-likeness (QED) is 0.682. The van der Waals surface area contributed by atoms with Crippen LogP contribution in [0.4, 0.5) is 0 Å². The van der Waals surface area contributed by atoms with E-state index in [-0.39, 0.29) is 18.5 Å². The molecule has 100 valence electrons. The molecule has 8 nitrogen and oxygen atoms in total. The van der Waals surface area contributed by atoms with Crippen LogP contribution in [-0.4, -0.2) is 80.4 Å². The maximum absolute atomic E-state index is 12.1. The van der Waals surface area contributed by atoms with Gasteiger partial charge in [0.1, 0.15) is 12.9 Å². The van der Waals surface area contributed by atoms with Gasteiger partial charge in [0, 0.05) is 19.1 Å². The first-order valence-corrected chi connectivity index (χ1v) is 5.89. The van der Waals surface area contributed by atoms with Crippen LogP contribution in [0.3, 0.4) is 0 Å². The Morgan fingerprint density at radius 3 is 2.94 bits per heavy atom. The second-order valence-electron chi connectivity index (χ2n) is 4.86. The van der Waals surface area contributed by atoms with Crippen LogP contribution in [0.25, 0.3) is 0 Å². The van der Waals surface area contributed by atoms with Crippen molar-refractivity contribution in [1.29, 1.82) is 0 Å². The minimum absolute atomic E-state index is 0.0546. The third-order valence-electron chi connectivity index (χ3n) is 2.98. The Morgan fingerprint density at radius 2 is 2.33 bits per heavy atom. The first-order chi connectivity index (χ1) is 8.56. The van der Waals surface area contributed by atoms with Crippen molar-refractivity contribution in [2.45, 2.75) is 25.1 Å². The highest BCUT2D eigenvalue weighted by Gasteiger charge is 2.34. The van der Waals surface area contributed by atoms with Gasteiger partial charge in [0.05, 0.1) is 6.10 Å². The minimum Gasteiger partial charge on any atom is -0.391 e. The van der Waals surface area contributed by atoms with Crippen molar-refractivity contribution in [1.82, 2.24) is 30.0 Å². The number of tetrazole rings is 1. The number of aromatic nitrogens is 4. The van der Waals surface area contributed by atoms with E-state index in [0.717, 1.165) is 6.54 Å². The van der Waals surface area contributed by atoms with Gasteiger partial charge in [-0.3, -0.25) is 4.79 Å². The Hall–Kier alpha value is -1.54. The SMILES string of the molecule is CN(C)CC1CC(O)CN1C(=O)Cn1cnnn1. The van der Waals surface area contributed by atoms with E-state index in [4.69, 9.17) is 0 Å². The Morgan fingerprint density at radius 1 is 1.56 bits per heavy atom. The van der Waals surface area contributed by atoms with E-state index in [9.17, 15) is 9.90 Å². The summed E-state index contributed by atoms with van der Waals surface area (Å²) in [6, 6.07) is 0.0546. The molecule has 2 heterocycles. The largest absolute Gasteiger partial charge is 0.391 e. The maximum Gasteiger partial charge on any atom is 0.244 e. The average Bonchev–Trinajstić information content (AvgIpc) is 2.87. The monoisotopic (exact) mass is 254 g/mol. The van der Waals surface area contributed by atoms with E-state index in [2.05, 4.69) is 15.5 Å². The molecule has 18 heavy (non-hydrogen) atoms. The van der Waals surface area contributed by atoms with Gasteiger partial charge in [0.25, 0.3) is 0 Å². The van der Waals surface area contributed by atoms with E-state index in [1.165, 1.54) is 11.0 Å². The van der Waals surface area contributed by atoms with Gasteiger partial charge in [0.2, 0.25) is 5.91 Å². The molecule has 1 aliphatic rings. The minimum atomic E-state index is -0.437. The second-order valence-corrected chi connectivity index (χ2v) is 4.86. The Labute approximate surface area is 105 Å². The molecular formula is C10H18N6O2. The summed E-state index contributed by atoms with van der Waals surface area (Å²) in [5.41, 5.74) is 0. The molecule has 1 aromatic rings. The molecule has 0 aliphatic carbocycles. The number of carbonyl (C=O) groups excluding carboxylic acids is 1. The molecule has 0 radical (unpaired) electrons. The van der Waals surface area contributed by atoms with Gasteiger partial charge in [-0.25, -0.2) is 4.68 Å². The smallest absolute Gasteiger partial charge is 0.244 e. The number of likely N-dealkylation sites (N-methyl/N-ethyl adjacent to an activating group) is 1. The fourth-order valence-corrected chi connectivity index (χ4v) is 2.27. The first-order valence-electron chi connectivity index (χ1n) is 5.89. The third-order valence-corrected chi connectivity index (χ3v) is 2.98. The summed E-state index contributed by atoms with van der Waals surface area (Å²) in [7, 11) is 3.91. The summed E-state index contributed by atoms with van der Waals surface area (Å²) >= 11 is 0. The van der Waals surface area contributed by atoms with Crippen LogP contribution in [0.15, 0.2) is 6.33 Å². The number of hydrogen-bond acceptors (Lipinski definition) is 6. The van der Waals surface area contributed by atoms with Crippen LogP contribution in [-0.2, 0) is 11.3 Å². The zero-order valence-electron chi connectivity index (χ0n) is 10.6. The molecule has 0 aromatic carbocycles. The molecule has 1 aliphatic heterocycles. The molecule has 1 aromatic heterocycles. The molecule has 0 saturated carbocycles. The zero-order chi connectivity index (χ0) is 13.1. The lowest BCUT2D eigenvalue weighted by Gasteiger charge is -2.26. The number of nitrogens with zero attached hydrogens (tertiary/aromatic N) is 6. The predicted molar refractivity (Wildman–Crippen MR) is 62.5 cm³/mol.